The first-order valence-corrected chi connectivity index (χ1v) is 4.75. The molecule has 0 spiro atoms. The fourth-order valence-corrected chi connectivity index (χ4v) is 0.732. The molecule has 0 aliphatic heterocycles. The van der Waals surface area contributed by atoms with Crippen molar-refractivity contribution in [3.8, 4) is 0 Å². The molecule has 4 nitrogen and oxygen atoms in total. The highest BCUT2D eigenvalue weighted by Crippen LogP contribution is 1.96. The van der Waals surface area contributed by atoms with Crippen LogP contribution in [-0.4, -0.2) is 32.2 Å². The number of nitrogens with two attached hydrogens (primary N) is 1. The van der Waals surface area contributed by atoms with E-state index >= 15 is 0 Å². The molecule has 0 aliphatic rings. The van der Waals surface area contributed by atoms with E-state index in [2.05, 4.69) is 19.2 Å². The van der Waals surface area contributed by atoms with Gasteiger partial charge in [0.1, 0.15) is 6.61 Å². The molecule has 1 unspecified atom stereocenters. The van der Waals surface area contributed by atoms with Gasteiger partial charge in [0.05, 0.1) is 6.61 Å². The van der Waals surface area contributed by atoms with Crippen LogP contribution in [0.2, 0.25) is 0 Å². The molecule has 0 fully saturated rings. The zero-order chi connectivity index (χ0) is 10.1. The van der Waals surface area contributed by atoms with Crippen molar-refractivity contribution in [1.82, 2.24) is 5.32 Å². The molecule has 78 valence electrons. The first-order chi connectivity index (χ1) is 6.20. The first-order valence-electron chi connectivity index (χ1n) is 4.75. The molecule has 3 N–H and O–H groups in total. The van der Waals surface area contributed by atoms with Gasteiger partial charge in [-0.1, -0.05) is 20.3 Å². The molecule has 0 rings (SSSR count). The summed E-state index contributed by atoms with van der Waals surface area (Å²) in [6, 6.07) is 0. The molecule has 1 amide bonds. The number of nitrogens with one attached hydrogen (secondary N) is 1. The average molecular weight is 188 g/mol. The zero-order valence-electron chi connectivity index (χ0n) is 8.51. The SMILES string of the molecule is CCC(C)CNC(=O)COCCN. The molecule has 1 atom stereocenters. The number of carbonyl (C=O) groups excluding carboxylic acids is 1. The van der Waals surface area contributed by atoms with Crippen molar-refractivity contribution in [2.45, 2.75) is 20.3 Å². The third-order valence-corrected chi connectivity index (χ3v) is 1.84. The molecular weight excluding hydrogens is 168 g/mol. The van der Waals surface area contributed by atoms with E-state index < -0.39 is 0 Å². The van der Waals surface area contributed by atoms with Crippen LogP contribution in [0.4, 0.5) is 0 Å². The summed E-state index contributed by atoms with van der Waals surface area (Å²) in [5.74, 6) is 0.465. The highest BCUT2D eigenvalue weighted by Gasteiger charge is 2.03. The average Bonchev–Trinajstić information content (AvgIpc) is 2.14. The van der Waals surface area contributed by atoms with Gasteiger partial charge in [0.2, 0.25) is 5.91 Å². The molecule has 0 bridgehead atoms. The predicted octanol–water partition coefficient (Wildman–Crippen LogP) is 0.124. The smallest absolute Gasteiger partial charge is 0.246 e. The lowest BCUT2D eigenvalue weighted by molar-refractivity contribution is -0.125. The largest absolute Gasteiger partial charge is 0.370 e. The van der Waals surface area contributed by atoms with Gasteiger partial charge in [-0.05, 0) is 5.92 Å². The predicted molar refractivity (Wildman–Crippen MR) is 52.3 cm³/mol. The van der Waals surface area contributed by atoms with E-state index in [-0.39, 0.29) is 12.5 Å². The van der Waals surface area contributed by atoms with Crippen molar-refractivity contribution < 1.29 is 9.53 Å². The second-order valence-corrected chi connectivity index (χ2v) is 3.16. The summed E-state index contributed by atoms with van der Waals surface area (Å²) in [6.07, 6.45) is 1.07. The summed E-state index contributed by atoms with van der Waals surface area (Å²) in [7, 11) is 0. The van der Waals surface area contributed by atoms with E-state index in [0.717, 1.165) is 13.0 Å². The summed E-state index contributed by atoms with van der Waals surface area (Å²) in [6.45, 7) is 5.94. The van der Waals surface area contributed by atoms with E-state index in [1.54, 1.807) is 0 Å². The van der Waals surface area contributed by atoms with Gasteiger partial charge >= 0.3 is 0 Å². The highest BCUT2D eigenvalue weighted by molar-refractivity contribution is 5.77. The van der Waals surface area contributed by atoms with Crippen LogP contribution >= 0.6 is 0 Å². The minimum atomic E-state index is -0.0613. The molecule has 0 radical (unpaired) electrons. The zero-order valence-corrected chi connectivity index (χ0v) is 8.51. The Morgan fingerprint density at radius 2 is 2.31 bits per heavy atom. The van der Waals surface area contributed by atoms with Gasteiger partial charge in [-0.3, -0.25) is 4.79 Å². The Morgan fingerprint density at radius 1 is 1.62 bits per heavy atom. The standard InChI is InChI=1S/C9H20N2O2/c1-3-8(2)6-11-9(12)7-13-5-4-10/h8H,3-7,10H2,1-2H3,(H,11,12). The Hall–Kier alpha value is -0.610. The van der Waals surface area contributed by atoms with Crippen LogP contribution < -0.4 is 11.1 Å². The van der Waals surface area contributed by atoms with E-state index in [4.69, 9.17) is 10.5 Å². The van der Waals surface area contributed by atoms with Crippen LogP contribution in [0.1, 0.15) is 20.3 Å². The van der Waals surface area contributed by atoms with Crippen molar-refractivity contribution in [3.63, 3.8) is 0 Å². The van der Waals surface area contributed by atoms with E-state index in [1.165, 1.54) is 0 Å². The van der Waals surface area contributed by atoms with Crippen molar-refractivity contribution in [2.75, 3.05) is 26.3 Å². The third-order valence-electron chi connectivity index (χ3n) is 1.84. The molecule has 4 heteroatoms. The van der Waals surface area contributed by atoms with E-state index in [1.807, 2.05) is 0 Å². The fraction of sp³-hybridized carbons (Fsp3) is 0.889. The number of carbonyl (C=O) groups is 1. The van der Waals surface area contributed by atoms with Crippen LogP contribution in [-0.2, 0) is 9.53 Å². The lowest BCUT2D eigenvalue weighted by Crippen LogP contribution is -2.31. The summed E-state index contributed by atoms with van der Waals surface area (Å²) >= 11 is 0. The van der Waals surface area contributed by atoms with Gasteiger partial charge < -0.3 is 15.8 Å². The number of hydrogen-bond donors (Lipinski definition) is 2. The molecule has 0 heterocycles. The van der Waals surface area contributed by atoms with E-state index in [0.29, 0.717) is 19.1 Å². The minimum Gasteiger partial charge on any atom is -0.370 e. The Kier molecular flexibility index (Phi) is 7.63. The molecule has 0 saturated heterocycles. The number of ether oxygens (including phenoxy) is 1. The van der Waals surface area contributed by atoms with Crippen LogP contribution in [0.15, 0.2) is 0 Å². The lowest BCUT2D eigenvalue weighted by Gasteiger charge is -2.09. The quantitative estimate of drug-likeness (QED) is 0.558. The van der Waals surface area contributed by atoms with Crippen LogP contribution in [0, 0.1) is 5.92 Å². The Morgan fingerprint density at radius 3 is 2.85 bits per heavy atom. The molecule has 0 aromatic heterocycles. The van der Waals surface area contributed by atoms with Gasteiger partial charge in [0, 0.05) is 13.1 Å². The number of hydrogen-bond acceptors (Lipinski definition) is 3. The maximum absolute atomic E-state index is 11.1. The molecule has 0 aromatic rings. The van der Waals surface area contributed by atoms with Gasteiger partial charge in [0.15, 0.2) is 0 Å². The Balaban J connectivity index is 3.30. The van der Waals surface area contributed by atoms with E-state index in [9.17, 15) is 4.79 Å². The third kappa shape index (κ3) is 7.74. The maximum Gasteiger partial charge on any atom is 0.246 e. The molecule has 0 aliphatic carbocycles. The number of rotatable bonds is 7. The summed E-state index contributed by atoms with van der Waals surface area (Å²) in [5.41, 5.74) is 5.20. The first kappa shape index (κ1) is 12.4. The highest BCUT2D eigenvalue weighted by atomic mass is 16.5. The summed E-state index contributed by atoms with van der Waals surface area (Å²) < 4.78 is 4.97. The summed E-state index contributed by atoms with van der Waals surface area (Å²) in [4.78, 5) is 11.1. The van der Waals surface area contributed by atoms with Crippen molar-refractivity contribution in [2.24, 2.45) is 11.7 Å². The molecular formula is C9H20N2O2. The van der Waals surface area contributed by atoms with Crippen LogP contribution in [0.5, 0.6) is 0 Å². The molecule has 13 heavy (non-hydrogen) atoms. The van der Waals surface area contributed by atoms with Gasteiger partial charge in [-0.25, -0.2) is 0 Å². The van der Waals surface area contributed by atoms with Crippen LogP contribution in [0.25, 0.3) is 0 Å². The maximum atomic E-state index is 11.1. The van der Waals surface area contributed by atoms with Gasteiger partial charge in [-0.2, -0.15) is 0 Å². The normalized spacial score (nSPS) is 12.5. The van der Waals surface area contributed by atoms with Crippen molar-refractivity contribution in [3.05, 3.63) is 0 Å². The second-order valence-electron chi connectivity index (χ2n) is 3.16. The Labute approximate surface area is 79.8 Å². The van der Waals surface area contributed by atoms with Crippen LogP contribution in [0.3, 0.4) is 0 Å². The topological polar surface area (TPSA) is 64.3 Å². The van der Waals surface area contributed by atoms with Gasteiger partial charge in [-0.15, -0.1) is 0 Å². The van der Waals surface area contributed by atoms with Gasteiger partial charge in [0.25, 0.3) is 0 Å². The molecule has 0 saturated carbocycles. The Bertz CT molecular complexity index is 140. The molecule has 0 aromatic carbocycles. The van der Waals surface area contributed by atoms with Crippen molar-refractivity contribution in [1.29, 1.82) is 0 Å². The minimum absolute atomic E-state index is 0.0613. The second kappa shape index (κ2) is 8.01. The fourth-order valence-electron chi connectivity index (χ4n) is 0.732. The van der Waals surface area contributed by atoms with Crippen molar-refractivity contribution >= 4 is 5.91 Å². The number of amides is 1. The lowest BCUT2D eigenvalue weighted by atomic mass is 10.1. The summed E-state index contributed by atoms with van der Waals surface area (Å²) in [5, 5.41) is 2.79. The monoisotopic (exact) mass is 188 g/mol.